The number of anilines is 1. The van der Waals surface area contributed by atoms with Gasteiger partial charge in [-0.2, -0.15) is 0 Å². The van der Waals surface area contributed by atoms with E-state index >= 15 is 0 Å². The SMILES string of the molecule is CC(C)(C)OC(=O)N1CCC(CN2Cc3ccc(Br)cc3NC2=O)CC1. The highest BCUT2D eigenvalue weighted by Crippen LogP contribution is 2.28. The zero-order valence-corrected chi connectivity index (χ0v) is 17.1. The van der Waals surface area contributed by atoms with Crippen LogP contribution < -0.4 is 5.32 Å². The van der Waals surface area contributed by atoms with Crippen molar-refractivity contribution >= 4 is 33.7 Å². The molecular formula is C19H26BrN3O3. The van der Waals surface area contributed by atoms with Crippen LogP contribution in [0.25, 0.3) is 0 Å². The average Bonchev–Trinajstić information content (AvgIpc) is 2.55. The number of likely N-dealkylation sites (tertiary alicyclic amines) is 1. The van der Waals surface area contributed by atoms with Gasteiger partial charge in [0, 0.05) is 36.3 Å². The molecule has 0 aromatic heterocycles. The van der Waals surface area contributed by atoms with E-state index in [9.17, 15) is 9.59 Å². The molecule has 0 saturated carbocycles. The maximum absolute atomic E-state index is 12.4. The number of nitrogens with zero attached hydrogens (tertiary/aromatic N) is 2. The second kappa shape index (κ2) is 7.47. The normalized spacial score (nSPS) is 18.4. The molecule has 1 N–H and O–H groups in total. The number of amides is 3. The predicted molar refractivity (Wildman–Crippen MR) is 104 cm³/mol. The van der Waals surface area contributed by atoms with Crippen LogP contribution in [0, 0.1) is 5.92 Å². The number of carbonyl (C=O) groups excluding carboxylic acids is 2. The molecule has 2 aliphatic heterocycles. The van der Waals surface area contributed by atoms with Gasteiger partial charge in [0.2, 0.25) is 0 Å². The molecule has 7 heteroatoms. The van der Waals surface area contributed by atoms with E-state index < -0.39 is 5.60 Å². The zero-order valence-electron chi connectivity index (χ0n) is 15.5. The van der Waals surface area contributed by atoms with Crippen molar-refractivity contribution in [2.45, 2.75) is 45.8 Å². The van der Waals surface area contributed by atoms with Crippen molar-refractivity contribution in [3.05, 3.63) is 28.2 Å². The lowest BCUT2D eigenvalue weighted by molar-refractivity contribution is 0.0173. The molecule has 1 fully saturated rings. The molecule has 2 aliphatic rings. The summed E-state index contributed by atoms with van der Waals surface area (Å²) in [6, 6.07) is 5.92. The molecule has 0 spiro atoms. The summed E-state index contributed by atoms with van der Waals surface area (Å²) in [5, 5.41) is 2.97. The van der Waals surface area contributed by atoms with Crippen LogP contribution in [-0.2, 0) is 11.3 Å². The molecule has 1 saturated heterocycles. The van der Waals surface area contributed by atoms with Gasteiger partial charge in [-0.05, 0) is 57.2 Å². The highest BCUT2D eigenvalue weighted by Gasteiger charge is 2.30. The van der Waals surface area contributed by atoms with Crippen LogP contribution in [0.4, 0.5) is 15.3 Å². The fourth-order valence-corrected chi connectivity index (χ4v) is 3.72. The highest BCUT2D eigenvalue weighted by molar-refractivity contribution is 9.10. The minimum Gasteiger partial charge on any atom is -0.444 e. The largest absolute Gasteiger partial charge is 0.444 e. The molecule has 6 nitrogen and oxygen atoms in total. The quantitative estimate of drug-likeness (QED) is 0.764. The van der Waals surface area contributed by atoms with Gasteiger partial charge in [-0.15, -0.1) is 0 Å². The number of hydrogen-bond donors (Lipinski definition) is 1. The van der Waals surface area contributed by atoms with Crippen molar-refractivity contribution in [2.75, 3.05) is 25.0 Å². The minimum atomic E-state index is -0.470. The van der Waals surface area contributed by atoms with Gasteiger partial charge >= 0.3 is 12.1 Å². The molecule has 142 valence electrons. The van der Waals surface area contributed by atoms with Crippen LogP contribution in [0.5, 0.6) is 0 Å². The number of carbonyl (C=O) groups is 2. The fraction of sp³-hybridized carbons (Fsp3) is 0.579. The number of hydrogen-bond acceptors (Lipinski definition) is 3. The number of rotatable bonds is 2. The summed E-state index contributed by atoms with van der Waals surface area (Å²) in [4.78, 5) is 28.2. The van der Waals surface area contributed by atoms with Gasteiger partial charge in [0.25, 0.3) is 0 Å². The first-order valence-electron chi connectivity index (χ1n) is 9.03. The van der Waals surface area contributed by atoms with E-state index in [4.69, 9.17) is 4.74 Å². The van der Waals surface area contributed by atoms with Gasteiger partial charge in [0.15, 0.2) is 0 Å². The summed E-state index contributed by atoms with van der Waals surface area (Å²) in [5.41, 5.74) is 1.53. The van der Waals surface area contributed by atoms with Crippen molar-refractivity contribution in [1.82, 2.24) is 9.80 Å². The number of fused-ring (bicyclic) bond motifs is 1. The van der Waals surface area contributed by atoms with Crippen LogP contribution in [0.15, 0.2) is 22.7 Å². The molecule has 26 heavy (non-hydrogen) atoms. The maximum Gasteiger partial charge on any atom is 0.410 e. The van der Waals surface area contributed by atoms with Crippen molar-refractivity contribution in [1.29, 1.82) is 0 Å². The summed E-state index contributed by atoms with van der Waals surface area (Å²) in [7, 11) is 0. The maximum atomic E-state index is 12.4. The summed E-state index contributed by atoms with van der Waals surface area (Å²) in [5.74, 6) is 0.399. The van der Waals surface area contributed by atoms with Crippen LogP contribution in [0.3, 0.4) is 0 Å². The van der Waals surface area contributed by atoms with Gasteiger partial charge in [0.05, 0.1) is 0 Å². The Morgan fingerprint density at radius 2 is 2.00 bits per heavy atom. The van der Waals surface area contributed by atoms with Crippen molar-refractivity contribution in [2.24, 2.45) is 5.92 Å². The minimum absolute atomic E-state index is 0.0508. The molecule has 0 radical (unpaired) electrons. The lowest BCUT2D eigenvalue weighted by Gasteiger charge is -2.37. The van der Waals surface area contributed by atoms with Gasteiger partial charge in [-0.3, -0.25) is 0 Å². The first-order valence-corrected chi connectivity index (χ1v) is 9.83. The second-order valence-electron chi connectivity index (χ2n) is 8.02. The number of benzene rings is 1. The number of ether oxygens (including phenoxy) is 1. The van der Waals surface area contributed by atoms with E-state index in [1.807, 2.05) is 43.9 Å². The molecule has 0 unspecified atom stereocenters. The molecule has 0 bridgehead atoms. The molecule has 3 rings (SSSR count). The van der Waals surface area contributed by atoms with Gasteiger partial charge in [-0.25, -0.2) is 9.59 Å². The number of urea groups is 1. The van der Waals surface area contributed by atoms with Gasteiger partial charge in [-0.1, -0.05) is 22.0 Å². The second-order valence-corrected chi connectivity index (χ2v) is 8.94. The summed E-state index contributed by atoms with van der Waals surface area (Å²) < 4.78 is 6.39. The van der Waals surface area contributed by atoms with E-state index in [0.717, 1.165) is 28.6 Å². The Bertz CT molecular complexity index is 694. The number of nitrogens with one attached hydrogen (secondary N) is 1. The first kappa shape index (κ1) is 19.0. The van der Waals surface area contributed by atoms with Crippen LogP contribution >= 0.6 is 15.9 Å². The Hall–Kier alpha value is -1.76. The van der Waals surface area contributed by atoms with E-state index in [1.54, 1.807) is 4.90 Å². The van der Waals surface area contributed by atoms with Crippen LogP contribution in [0.2, 0.25) is 0 Å². The third-order valence-corrected chi connectivity index (χ3v) is 5.20. The summed E-state index contributed by atoms with van der Waals surface area (Å²) >= 11 is 3.43. The smallest absolute Gasteiger partial charge is 0.410 e. The summed E-state index contributed by atoms with van der Waals surface area (Å²) in [6.07, 6.45) is 1.53. The third kappa shape index (κ3) is 4.69. The van der Waals surface area contributed by atoms with Crippen molar-refractivity contribution in [3.63, 3.8) is 0 Å². The first-order chi connectivity index (χ1) is 12.2. The van der Waals surface area contributed by atoms with E-state index in [0.29, 0.717) is 32.1 Å². The molecule has 1 aromatic carbocycles. The molecular weight excluding hydrogens is 398 g/mol. The Morgan fingerprint density at radius 3 is 2.65 bits per heavy atom. The molecule has 1 aromatic rings. The van der Waals surface area contributed by atoms with Crippen LogP contribution in [-0.4, -0.2) is 47.2 Å². The number of piperidine rings is 1. The third-order valence-electron chi connectivity index (χ3n) is 4.71. The van der Waals surface area contributed by atoms with Gasteiger partial charge < -0.3 is 19.9 Å². The van der Waals surface area contributed by atoms with Crippen molar-refractivity contribution < 1.29 is 14.3 Å². The topological polar surface area (TPSA) is 61.9 Å². The lowest BCUT2D eigenvalue weighted by atomic mass is 9.96. The van der Waals surface area contributed by atoms with Crippen LogP contribution in [0.1, 0.15) is 39.2 Å². The monoisotopic (exact) mass is 423 g/mol. The number of halogens is 1. The predicted octanol–water partition coefficient (Wildman–Crippen LogP) is 4.44. The molecule has 0 atom stereocenters. The average molecular weight is 424 g/mol. The highest BCUT2D eigenvalue weighted by atomic mass is 79.9. The molecule has 3 amide bonds. The van der Waals surface area contributed by atoms with Gasteiger partial charge in [0.1, 0.15) is 5.60 Å². The van der Waals surface area contributed by atoms with E-state index in [1.165, 1.54) is 0 Å². The van der Waals surface area contributed by atoms with E-state index in [2.05, 4.69) is 21.2 Å². The fourth-order valence-electron chi connectivity index (χ4n) is 3.36. The standard InChI is InChI=1S/C19H26BrN3O3/c1-19(2,3)26-18(25)22-8-6-13(7-9-22)11-23-12-14-4-5-15(20)10-16(14)21-17(23)24/h4-5,10,13H,6-9,11-12H2,1-3H3,(H,21,24). The molecule has 2 heterocycles. The van der Waals surface area contributed by atoms with E-state index in [-0.39, 0.29) is 12.1 Å². The molecule has 0 aliphatic carbocycles. The Labute approximate surface area is 163 Å². The lowest BCUT2D eigenvalue weighted by Crippen LogP contribution is -2.46. The zero-order chi connectivity index (χ0) is 18.9. The van der Waals surface area contributed by atoms with Crippen molar-refractivity contribution in [3.8, 4) is 0 Å². The Kier molecular flexibility index (Phi) is 5.46. The Balaban J connectivity index is 1.53. The Morgan fingerprint density at radius 1 is 1.31 bits per heavy atom. The summed E-state index contributed by atoms with van der Waals surface area (Å²) in [6.45, 7) is 8.33.